The first-order valence-electron chi connectivity index (χ1n) is 10.8. The molecule has 0 heterocycles. The first-order chi connectivity index (χ1) is 13.9. The molecule has 6 atom stereocenters. The number of allylic oxidation sites excluding steroid dienone is 1. The van der Waals surface area contributed by atoms with Gasteiger partial charge in [0.15, 0.2) is 18.0 Å². The van der Waals surface area contributed by atoms with Gasteiger partial charge in [0, 0.05) is 31.1 Å². The molecule has 162 valence electrons. The minimum atomic E-state index is -1.88. The Morgan fingerprint density at radius 3 is 2.63 bits per heavy atom. The summed E-state index contributed by atoms with van der Waals surface area (Å²) in [5, 5.41) is 11.6. The van der Waals surface area contributed by atoms with Crippen LogP contribution in [0.3, 0.4) is 0 Å². The second-order valence-corrected chi connectivity index (χ2v) is 10.1. The lowest BCUT2D eigenvalue weighted by molar-refractivity contribution is -0.169. The average molecular weight is 414 g/mol. The molecule has 0 aliphatic heterocycles. The number of fused-ring (bicyclic) bond motifs is 5. The van der Waals surface area contributed by atoms with E-state index in [4.69, 9.17) is 4.74 Å². The van der Waals surface area contributed by atoms with Crippen molar-refractivity contribution >= 4 is 23.3 Å². The van der Waals surface area contributed by atoms with Crippen molar-refractivity contribution < 1.29 is 29.0 Å². The van der Waals surface area contributed by atoms with Crippen molar-refractivity contribution in [2.24, 2.45) is 28.6 Å². The summed E-state index contributed by atoms with van der Waals surface area (Å²) in [7, 11) is 0. The fraction of sp³-hybridized carbons (Fsp3) is 0.667. The van der Waals surface area contributed by atoms with Crippen molar-refractivity contribution in [1.82, 2.24) is 0 Å². The molecule has 0 aromatic rings. The highest BCUT2D eigenvalue weighted by molar-refractivity contribution is 5.97. The minimum absolute atomic E-state index is 0.0268. The normalized spacial score (nSPS) is 42.7. The van der Waals surface area contributed by atoms with Crippen molar-refractivity contribution in [3.63, 3.8) is 0 Å². The first kappa shape index (κ1) is 21.2. The predicted molar refractivity (Wildman–Crippen MR) is 108 cm³/mol. The molecule has 0 spiro atoms. The van der Waals surface area contributed by atoms with Crippen LogP contribution in [-0.2, 0) is 23.9 Å². The summed E-state index contributed by atoms with van der Waals surface area (Å²) in [6, 6.07) is 0. The van der Waals surface area contributed by atoms with E-state index in [0.717, 1.165) is 18.4 Å². The zero-order valence-corrected chi connectivity index (χ0v) is 18.0. The highest BCUT2D eigenvalue weighted by atomic mass is 16.5. The SMILES string of the molecule is C=C1C[C@H]2[C@@H]3CCC4=CC(=O)CC[C@]4(C)[C@H]3C(=O)C[C@]2(C)[C@@]1(O)C(=O)COC(C)=O. The number of carbonyl (C=O) groups excluding carboxylic acids is 4. The molecule has 0 amide bonds. The van der Waals surface area contributed by atoms with Gasteiger partial charge in [-0.15, -0.1) is 0 Å². The Bertz CT molecular complexity index is 899. The van der Waals surface area contributed by atoms with Gasteiger partial charge in [-0.05, 0) is 54.6 Å². The molecule has 30 heavy (non-hydrogen) atoms. The zero-order chi connectivity index (χ0) is 22.1. The van der Waals surface area contributed by atoms with Crippen molar-refractivity contribution in [2.75, 3.05) is 6.61 Å². The van der Waals surface area contributed by atoms with E-state index in [0.29, 0.717) is 24.8 Å². The number of aliphatic hydroxyl groups is 1. The molecule has 6 nitrogen and oxygen atoms in total. The second-order valence-electron chi connectivity index (χ2n) is 10.1. The van der Waals surface area contributed by atoms with Crippen LogP contribution >= 0.6 is 0 Å². The first-order valence-corrected chi connectivity index (χ1v) is 10.8. The maximum absolute atomic E-state index is 13.6. The molecule has 0 radical (unpaired) electrons. The quantitative estimate of drug-likeness (QED) is 0.563. The Kier molecular flexibility index (Phi) is 4.73. The molecule has 6 heteroatoms. The summed E-state index contributed by atoms with van der Waals surface area (Å²) < 4.78 is 4.87. The number of hydrogen-bond donors (Lipinski definition) is 1. The van der Waals surface area contributed by atoms with Gasteiger partial charge in [0.25, 0.3) is 0 Å². The second kappa shape index (κ2) is 6.71. The molecular weight excluding hydrogens is 384 g/mol. The molecule has 3 saturated carbocycles. The van der Waals surface area contributed by atoms with Gasteiger partial charge in [-0.3, -0.25) is 19.2 Å². The van der Waals surface area contributed by atoms with Crippen molar-refractivity contribution in [2.45, 2.75) is 64.9 Å². The van der Waals surface area contributed by atoms with E-state index >= 15 is 0 Å². The molecular formula is C24H30O6. The number of carbonyl (C=O) groups is 4. The van der Waals surface area contributed by atoms with E-state index in [-0.39, 0.29) is 41.2 Å². The maximum Gasteiger partial charge on any atom is 0.303 e. The molecule has 4 rings (SSSR count). The number of ether oxygens (including phenoxy) is 1. The lowest BCUT2D eigenvalue weighted by Crippen LogP contribution is -2.61. The van der Waals surface area contributed by atoms with E-state index in [9.17, 15) is 24.3 Å². The van der Waals surface area contributed by atoms with Gasteiger partial charge in [-0.1, -0.05) is 26.0 Å². The summed E-state index contributed by atoms with van der Waals surface area (Å²) in [5.41, 5.74) is -1.70. The van der Waals surface area contributed by atoms with E-state index < -0.39 is 29.4 Å². The van der Waals surface area contributed by atoms with Gasteiger partial charge in [-0.2, -0.15) is 0 Å². The van der Waals surface area contributed by atoms with Gasteiger partial charge in [0.2, 0.25) is 5.78 Å². The van der Waals surface area contributed by atoms with Crippen LogP contribution in [0.1, 0.15) is 59.3 Å². The monoisotopic (exact) mass is 414 g/mol. The Morgan fingerprint density at radius 2 is 1.97 bits per heavy atom. The zero-order valence-electron chi connectivity index (χ0n) is 18.0. The third-order valence-corrected chi connectivity index (χ3v) is 8.66. The van der Waals surface area contributed by atoms with Crippen LogP contribution in [0.4, 0.5) is 0 Å². The third kappa shape index (κ3) is 2.65. The molecule has 0 aromatic heterocycles. The highest BCUT2D eigenvalue weighted by Crippen LogP contribution is 2.67. The van der Waals surface area contributed by atoms with Gasteiger partial charge in [-0.25, -0.2) is 0 Å². The number of Topliss-reactive ketones (excluding diaryl/α,β-unsaturated/α-hetero) is 2. The number of esters is 1. The molecule has 0 saturated heterocycles. The lowest BCUT2D eigenvalue weighted by Gasteiger charge is -2.57. The summed E-state index contributed by atoms with van der Waals surface area (Å²) in [6.45, 7) is 8.62. The maximum atomic E-state index is 13.6. The van der Waals surface area contributed by atoms with Crippen LogP contribution in [0.15, 0.2) is 23.8 Å². The Hall–Kier alpha value is -2.08. The average Bonchev–Trinajstić information content (AvgIpc) is 2.87. The summed E-state index contributed by atoms with van der Waals surface area (Å²) in [6.07, 6.45) is 4.94. The number of ketones is 3. The van der Waals surface area contributed by atoms with Crippen molar-refractivity contribution in [3.8, 4) is 0 Å². The van der Waals surface area contributed by atoms with Crippen molar-refractivity contribution in [3.05, 3.63) is 23.8 Å². The summed E-state index contributed by atoms with van der Waals surface area (Å²) >= 11 is 0. The van der Waals surface area contributed by atoms with Crippen LogP contribution in [0.5, 0.6) is 0 Å². The van der Waals surface area contributed by atoms with Gasteiger partial charge in [0.05, 0.1) is 0 Å². The van der Waals surface area contributed by atoms with E-state index in [1.54, 1.807) is 6.08 Å². The van der Waals surface area contributed by atoms with Crippen LogP contribution in [0.25, 0.3) is 0 Å². The lowest BCUT2D eigenvalue weighted by atomic mass is 9.46. The van der Waals surface area contributed by atoms with Gasteiger partial charge >= 0.3 is 5.97 Å². The van der Waals surface area contributed by atoms with E-state index in [1.807, 2.05) is 6.92 Å². The van der Waals surface area contributed by atoms with E-state index in [2.05, 4.69) is 13.5 Å². The standard InChI is InChI=1S/C24H30O6/c1-13-9-18-17-6-5-15-10-16(26)7-8-22(15,3)21(17)19(27)11-23(18,4)24(13,29)20(28)12-30-14(2)25/h10,17-18,21,29H,1,5-9,11-12H2,2-4H3/t17-,18-,21+,22-,23-,24-/m0/s1. The topological polar surface area (TPSA) is 97.7 Å². The molecule has 0 bridgehead atoms. The smallest absolute Gasteiger partial charge is 0.303 e. The largest absolute Gasteiger partial charge is 0.458 e. The number of rotatable bonds is 3. The summed E-state index contributed by atoms with van der Waals surface area (Å²) in [5.74, 6) is -1.26. The minimum Gasteiger partial charge on any atom is -0.458 e. The Balaban J connectivity index is 1.71. The molecule has 0 aromatic carbocycles. The van der Waals surface area contributed by atoms with E-state index in [1.165, 1.54) is 6.92 Å². The molecule has 4 aliphatic rings. The van der Waals surface area contributed by atoms with Gasteiger partial charge in [0.1, 0.15) is 5.78 Å². The van der Waals surface area contributed by atoms with Crippen LogP contribution in [0.2, 0.25) is 0 Å². The fourth-order valence-electron chi connectivity index (χ4n) is 7.13. The molecule has 4 aliphatic carbocycles. The molecule has 1 N–H and O–H groups in total. The third-order valence-electron chi connectivity index (χ3n) is 8.66. The van der Waals surface area contributed by atoms with Crippen LogP contribution < -0.4 is 0 Å². The predicted octanol–water partition coefficient (Wildman–Crippen LogP) is 2.73. The molecule has 0 unspecified atom stereocenters. The Morgan fingerprint density at radius 1 is 1.27 bits per heavy atom. The molecule has 3 fully saturated rings. The summed E-state index contributed by atoms with van der Waals surface area (Å²) in [4.78, 5) is 49.7. The fourth-order valence-corrected chi connectivity index (χ4v) is 7.13. The Labute approximate surface area is 176 Å². The van der Waals surface area contributed by atoms with Crippen LogP contribution in [0, 0.1) is 28.6 Å². The highest BCUT2D eigenvalue weighted by Gasteiger charge is 2.69. The van der Waals surface area contributed by atoms with Gasteiger partial charge < -0.3 is 9.84 Å². The van der Waals surface area contributed by atoms with Crippen LogP contribution in [-0.4, -0.2) is 40.6 Å². The number of hydrogen-bond acceptors (Lipinski definition) is 6. The van der Waals surface area contributed by atoms with Crippen molar-refractivity contribution in [1.29, 1.82) is 0 Å².